The number of aliphatic hydroxyl groups is 1. The van der Waals surface area contributed by atoms with Crippen LogP contribution in [-0.2, 0) is 9.47 Å². The Morgan fingerprint density at radius 1 is 1.20 bits per heavy atom. The first-order valence-electron chi connectivity index (χ1n) is 6.96. The third kappa shape index (κ3) is 6.96. The largest absolute Gasteiger partial charge is 0.389 e. The minimum atomic E-state index is -0.570. The zero-order valence-electron chi connectivity index (χ0n) is 12.1. The number of nitrogens with one attached hydrogen (secondary N) is 1. The van der Waals surface area contributed by atoms with E-state index in [2.05, 4.69) is 5.32 Å². The molecule has 0 saturated heterocycles. The molecule has 20 heavy (non-hydrogen) atoms. The molecule has 0 amide bonds. The molecule has 1 rings (SSSR count). The van der Waals surface area contributed by atoms with Crippen molar-refractivity contribution in [1.29, 1.82) is 0 Å². The van der Waals surface area contributed by atoms with Crippen molar-refractivity contribution in [2.45, 2.75) is 26.0 Å². The minimum Gasteiger partial charge on any atom is -0.389 e. The van der Waals surface area contributed by atoms with Crippen molar-refractivity contribution in [1.82, 2.24) is 5.32 Å². The van der Waals surface area contributed by atoms with Crippen LogP contribution >= 0.6 is 0 Å². The Morgan fingerprint density at radius 2 is 1.85 bits per heavy atom. The van der Waals surface area contributed by atoms with Gasteiger partial charge in [-0.1, -0.05) is 12.1 Å². The summed E-state index contributed by atoms with van der Waals surface area (Å²) >= 11 is 0. The van der Waals surface area contributed by atoms with Gasteiger partial charge in [-0.15, -0.1) is 0 Å². The molecule has 0 saturated carbocycles. The van der Waals surface area contributed by atoms with Crippen LogP contribution in [0.5, 0.6) is 0 Å². The summed E-state index contributed by atoms with van der Waals surface area (Å²) in [4.78, 5) is 0. The first-order chi connectivity index (χ1) is 9.63. The van der Waals surface area contributed by atoms with Gasteiger partial charge in [0.05, 0.1) is 25.9 Å². The third-order valence-corrected chi connectivity index (χ3v) is 2.92. The van der Waals surface area contributed by atoms with E-state index in [1.54, 1.807) is 12.1 Å². The number of halogens is 1. The van der Waals surface area contributed by atoms with Crippen molar-refractivity contribution < 1.29 is 19.0 Å². The number of aliphatic hydroxyl groups excluding tert-OH is 1. The van der Waals surface area contributed by atoms with Crippen molar-refractivity contribution >= 4 is 0 Å². The van der Waals surface area contributed by atoms with Gasteiger partial charge in [-0.25, -0.2) is 4.39 Å². The minimum absolute atomic E-state index is 0.0497. The Kier molecular flexibility index (Phi) is 8.37. The SMILES string of the molecule is CCOCCOCC(O)CN[C@H](C)c1ccc(F)cc1. The topological polar surface area (TPSA) is 50.7 Å². The molecule has 0 heterocycles. The van der Waals surface area contributed by atoms with Crippen molar-refractivity contribution in [3.63, 3.8) is 0 Å². The van der Waals surface area contributed by atoms with Gasteiger partial charge in [-0.3, -0.25) is 0 Å². The fourth-order valence-corrected chi connectivity index (χ4v) is 1.72. The van der Waals surface area contributed by atoms with Crippen molar-refractivity contribution in [2.75, 3.05) is 33.0 Å². The first kappa shape index (κ1) is 17.0. The Balaban J connectivity index is 2.16. The van der Waals surface area contributed by atoms with Crippen molar-refractivity contribution in [3.05, 3.63) is 35.6 Å². The molecule has 0 aromatic heterocycles. The lowest BCUT2D eigenvalue weighted by atomic mass is 10.1. The lowest BCUT2D eigenvalue weighted by molar-refractivity contribution is 0.00586. The predicted molar refractivity (Wildman–Crippen MR) is 76.1 cm³/mol. The van der Waals surface area contributed by atoms with Gasteiger partial charge >= 0.3 is 0 Å². The van der Waals surface area contributed by atoms with E-state index >= 15 is 0 Å². The molecule has 0 bridgehead atoms. The lowest BCUT2D eigenvalue weighted by Crippen LogP contribution is -2.32. The monoisotopic (exact) mass is 285 g/mol. The van der Waals surface area contributed by atoms with E-state index in [4.69, 9.17) is 9.47 Å². The molecule has 1 unspecified atom stereocenters. The maximum Gasteiger partial charge on any atom is 0.123 e. The van der Waals surface area contributed by atoms with Gasteiger partial charge in [-0.05, 0) is 31.5 Å². The summed E-state index contributed by atoms with van der Waals surface area (Å²) in [6, 6.07) is 6.38. The summed E-state index contributed by atoms with van der Waals surface area (Å²) in [7, 11) is 0. The van der Waals surface area contributed by atoms with Crippen LogP contribution in [0.1, 0.15) is 25.5 Å². The third-order valence-electron chi connectivity index (χ3n) is 2.92. The normalized spacial score (nSPS) is 14.2. The number of rotatable bonds is 10. The van der Waals surface area contributed by atoms with Crippen LogP contribution < -0.4 is 5.32 Å². The van der Waals surface area contributed by atoms with Crippen LogP contribution in [0.25, 0.3) is 0 Å². The van der Waals surface area contributed by atoms with Crippen LogP contribution in [-0.4, -0.2) is 44.2 Å². The average Bonchev–Trinajstić information content (AvgIpc) is 2.45. The highest BCUT2D eigenvalue weighted by atomic mass is 19.1. The highest BCUT2D eigenvalue weighted by Gasteiger charge is 2.09. The second-order valence-corrected chi connectivity index (χ2v) is 4.61. The average molecular weight is 285 g/mol. The van der Waals surface area contributed by atoms with E-state index in [1.807, 2.05) is 13.8 Å². The molecule has 0 spiro atoms. The van der Waals surface area contributed by atoms with Crippen LogP contribution in [0, 0.1) is 5.82 Å². The molecule has 114 valence electrons. The van der Waals surface area contributed by atoms with E-state index in [1.165, 1.54) is 12.1 Å². The van der Waals surface area contributed by atoms with Crippen LogP contribution in [0.4, 0.5) is 4.39 Å². The quantitative estimate of drug-likeness (QED) is 0.645. The predicted octanol–water partition coefficient (Wildman–Crippen LogP) is 1.89. The zero-order valence-corrected chi connectivity index (χ0v) is 12.1. The number of hydrogen-bond acceptors (Lipinski definition) is 4. The van der Waals surface area contributed by atoms with Crippen LogP contribution in [0.3, 0.4) is 0 Å². The molecule has 0 aliphatic heterocycles. The molecule has 0 radical (unpaired) electrons. The molecular formula is C15H24FNO3. The Morgan fingerprint density at radius 3 is 2.50 bits per heavy atom. The summed E-state index contributed by atoms with van der Waals surface area (Å²) < 4.78 is 23.2. The van der Waals surface area contributed by atoms with Gasteiger partial charge in [0.15, 0.2) is 0 Å². The second-order valence-electron chi connectivity index (χ2n) is 4.61. The van der Waals surface area contributed by atoms with Crippen molar-refractivity contribution in [2.24, 2.45) is 0 Å². The molecule has 0 aliphatic rings. The molecule has 2 N–H and O–H groups in total. The summed E-state index contributed by atoms with van der Waals surface area (Å²) in [6.45, 7) is 6.29. The van der Waals surface area contributed by atoms with E-state index < -0.39 is 6.10 Å². The van der Waals surface area contributed by atoms with E-state index in [9.17, 15) is 9.50 Å². The summed E-state index contributed by atoms with van der Waals surface area (Å²) in [5, 5.41) is 12.9. The maximum atomic E-state index is 12.8. The van der Waals surface area contributed by atoms with Crippen molar-refractivity contribution in [3.8, 4) is 0 Å². The fraction of sp³-hybridized carbons (Fsp3) is 0.600. The second kappa shape index (κ2) is 9.83. The molecule has 0 fully saturated rings. The smallest absolute Gasteiger partial charge is 0.123 e. The molecule has 0 aliphatic carbocycles. The first-order valence-corrected chi connectivity index (χ1v) is 6.96. The summed E-state index contributed by atoms with van der Waals surface area (Å²) in [6.07, 6.45) is -0.570. The molecule has 4 nitrogen and oxygen atoms in total. The Hall–Kier alpha value is -1.01. The van der Waals surface area contributed by atoms with E-state index in [-0.39, 0.29) is 18.5 Å². The van der Waals surface area contributed by atoms with E-state index in [0.29, 0.717) is 26.4 Å². The van der Waals surface area contributed by atoms with Gasteiger partial charge in [0.25, 0.3) is 0 Å². The van der Waals surface area contributed by atoms with Gasteiger partial charge in [0.2, 0.25) is 0 Å². The standard InChI is InChI=1S/C15H24FNO3/c1-3-19-8-9-20-11-15(18)10-17-12(2)13-4-6-14(16)7-5-13/h4-7,12,15,17-18H,3,8-11H2,1-2H3/t12-,15?/m1/s1. The van der Waals surface area contributed by atoms with E-state index in [0.717, 1.165) is 5.56 Å². The number of ether oxygens (including phenoxy) is 2. The molecule has 1 aromatic rings. The van der Waals surface area contributed by atoms with Crippen LogP contribution in [0.2, 0.25) is 0 Å². The van der Waals surface area contributed by atoms with Gasteiger partial charge < -0.3 is 19.9 Å². The highest BCUT2D eigenvalue weighted by Crippen LogP contribution is 2.12. The molecule has 1 aromatic carbocycles. The maximum absolute atomic E-state index is 12.8. The molecular weight excluding hydrogens is 261 g/mol. The Bertz CT molecular complexity index is 359. The Labute approximate surface area is 119 Å². The summed E-state index contributed by atoms with van der Waals surface area (Å²) in [5.41, 5.74) is 0.982. The van der Waals surface area contributed by atoms with Crippen LogP contribution in [0.15, 0.2) is 24.3 Å². The highest BCUT2D eigenvalue weighted by molar-refractivity contribution is 5.19. The molecule has 5 heteroatoms. The van der Waals surface area contributed by atoms with Gasteiger partial charge in [0.1, 0.15) is 5.82 Å². The number of hydrogen-bond donors (Lipinski definition) is 2. The lowest BCUT2D eigenvalue weighted by Gasteiger charge is -2.17. The van der Waals surface area contributed by atoms with Gasteiger partial charge in [-0.2, -0.15) is 0 Å². The fourth-order valence-electron chi connectivity index (χ4n) is 1.72. The van der Waals surface area contributed by atoms with Gasteiger partial charge in [0, 0.05) is 19.2 Å². The zero-order chi connectivity index (χ0) is 14.8. The summed E-state index contributed by atoms with van der Waals surface area (Å²) in [5.74, 6) is -0.247. The molecule has 2 atom stereocenters. The number of benzene rings is 1.